The highest BCUT2D eigenvalue weighted by Crippen LogP contribution is 2.24. The van der Waals surface area contributed by atoms with Gasteiger partial charge < -0.3 is 34.3 Å². The fourth-order valence-electron chi connectivity index (χ4n) is 5.70. The highest BCUT2D eigenvalue weighted by molar-refractivity contribution is 6.05. The molecule has 2 N–H and O–H groups in total. The lowest BCUT2D eigenvalue weighted by Crippen LogP contribution is -2.27. The summed E-state index contributed by atoms with van der Waals surface area (Å²) in [6, 6.07) is 28.1. The number of carbonyl (C=O) groups excluding carboxylic acids is 4. The van der Waals surface area contributed by atoms with Crippen molar-refractivity contribution in [1.82, 2.24) is 5.32 Å². The zero-order valence-corrected chi connectivity index (χ0v) is 33.3. The lowest BCUT2D eigenvalue weighted by atomic mass is 10.1. The Morgan fingerprint density at radius 3 is 2.08 bits per heavy atom. The maximum absolute atomic E-state index is 13.0. The van der Waals surface area contributed by atoms with E-state index in [1.165, 1.54) is 12.1 Å². The number of nitrogens with one attached hydrogen (secondary N) is 2. The maximum atomic E-state index is 13.0. The number of anilines is 3. The van der Waals surface area contributed by atoms with Crippen LogP contribution in [0.15, 0.2) is 134 Å². The van der Waals surface area contributed by atoms with E-state index in [1.54, 1.807) is 60.7 Å². The number of carbonyl (C=O) groups is 4. The van der Waals surface area contributed by atoms with Gasteiger partial charge in [-0.25, -0.2) is 9.59 Å². The minimum atomic E-state index is -0.745. The molecule has 0 fully saturated rings. The quantitative estimate of drug-likeness (QED) is 0.0162. The van der Waals surface area contributed by atoms with E-state index in [4.69, 9.17) is 13.9 Å². The van der Waals surface area contributed by atoms with Crippen LogP contribution in [0.5, 0.6) is 0 Å². The molecule has 1 heterocycles. The molecule has 5 aromatic rings. The number of nitrogens with zero attached hydrogens (tertiary/aromatic N) is 4. The average Bonchev–Trinajstić information content (AvgIpc) is 3.24. The van der Waals surface area contributed by atoms with Crippen LogP contribution in [0.3, 0.4) is 0 Å². The van der Waals surface area contributed by atoms with Crippen LogP contribution in [0, 0.1) is 0 Å². The van der Waals surface area contributed by atoms with Crippen molar-refractivity contribution in [2.75, 3.05) is 68.7 Å². The van der Waals surface area contributed by atoms with E-state index in [1.807, 2.05) is 69.2 Å². The van der Waals surface area contributed by atoms with E-state index >= 15 is 0 Å². The molecule has 0 saturated carbocycles. The van der Waals surface area contributed by atoms with Gasteiger partial charge in [0, 0.05) is 67.8 Å². The number of hydrogen-bond acceptors (Lipinski definition) is 12. The highest BCUT2D eigenvalue weighted by atomic mass is 16.6. The monoisotopic (exact) mass is 798 g/mol. The van der Waals surface area contributed by atoms with Gasteiger partial charge >= 0.3 is 11.6 Å². The third kappa shape index (κ3) is 12.4. The molecular formula is C45H46N6O8. The third-order valence-corrected chi connectivity index (χ3v) is 8.97. The second-order valence-electron chi connectivity index (χ2n) is 13.2. The van der Waals surface area contributed by atoms with Crippen LogP contribution in [0.4, 0.5) is 28.4 Å². The van der Waals surface area contributed by atoms with E-state index in [-0.39, 0.29) is 43.4 Å². The summed E-state index contributed by atoms with van der Waals surface area (Å²) < 4.78 is 16.2. The van der Waals surface area contributed by atoms with Crippen LogP contribution in [0.25, 0.3) is 17.0 Å². The standard InChI is InChI=1S/C45H46N6O8/c1-5-51(6-2)39-20-13-34-29-40(45(56)59-41(34)30-39)43(54)47-35-14-8-31(9-15-35)7-10-33(23-25-52)44(55)58-28-27-57-26-24-46-42(53)32-11-16-36(17-12-32)48-49-37-18-21-38(22-19-37)50(3)4/h7-23,25,29-30H,5-6,24,26-28H2,1-4H3,(H,46,53)(H,47,54)/b10-7+,33-23+,49-48?. The number of fused-ring (bicyclic) bond motifs is 1. The summed E-state index contributed by atoms with van der Waals surface area (Å²) >= 11 is 0. The molecule has 4 aromatic carbocycles. The summed E-state index contributed by atoms with van der Waals surface area (Å²) in [5.41, 5.74) is 4.40. The molecule has 0 aliphatic rings. The van der Waals surface area contributed by atoms with Crippen LogP contribution < -0.4 is 26.1 Å². The largest absolute Gasteiger partial charge is 0.460 e. The first kappa shape index (κ1) is 42.9. The zero-order chi connectivity index (χ0) is 42.1. The number of azo groups is 1. The Balaban J connectivity index is 1.02. The normalized spacial score (nSPS) is 11.5. The van der Waals surface area contributed by atoms with Crippen molar-refractivity contribution in [1.29, 1.82) is 0 Å². The molecule has 59 heavy (non-hydrogen) atoms. The lowest BCUT2D eigenvalue weighted by Gasteiger charge is -2.21. The van der Waals surface area contributed by atoms with Gasteiger partial charge in [0.25, 0.3) is 11.8 Å². The van der Waals surface area contributed by atoms with Gasteiger partial charge in [-0.15, -0.1) is 0 Å². The van der Waals surface area contributed by atoms with Gasteiger partial charge in [0.15, 0.2) is 0 Å². The minimum absolute atomic E-state index is 0.0167. The maximum Gasteiger partial charge on any atom is 0.349 e. The summed E-state index contributed by atoms with van der Waals surface area (Å²) in [7, 11) is 3.93. The molecule has 0 saturated heterocycles. The van der Waals surface area contributed by atoms with Gasteiger partial charge in [0.2, 0.25) is 0 Å². The molecule has 0 radical (unpaired) electrons. The summed E-state index contributed by atoms with van der Waals surface area (Å²) in [4.78, 5) is 66.2. The Morgan fingerprint density at radius 2 is 1.44 bits per heavy atom. The summed E-state index contributed by atoms with van der Waals surface area (Å²) in [6.45, 7) is 6.10. The van der Waals surface area contributed by atoms with E-state index in [0.29, 0.717) is 45.4 Å². The van der Waals surface area contributed by atoms with Crippen molar-refractivity contribution in [3.63, 3.8) is 0 Å². The molecule has 0 aliphatic carbocycles. The fraction of sp³-hybridized carbons (Fsp3) is 0.222. The number of amides is 2. The SMILES string of the molecule is CCN(CC)c1ccc2cc(C(=O)Nc3ccc(/C=C/C(=C\C=O)C(=O)OCCOCCNC(=O)c4ccc(N=Nc5ccc(N(C)C)cc5)cc4)cc3)c(=O)oc2c1. The Kier molecular flexibility index (Phi) is 15.6. The predicted molar refractivity (Wildman–Crippen MR) is 229 cm³/mol. The molecule has 14 nitrogen and oxygen atoms in total. The second-order valence-corrected chi connectivity index (χ2v) is 13.2. The smallest absolute Gasteiger partial charge is 0.349 e. The Bertz CT molecular complexity index is 2380. The van der Waals surface area contributed by atoms with Gasteiger partial charge in [-0.2, -0.15) is 10.2 Å². The van der Waals surface area contributed by atoms with Crippen LogP contribution in [0.2, 0.25) is 0 Å². The van der Waals surface area contributed by atoms with E-state index < -0.39 is 17.5 Å². The van der Waals surface area contributed by atoms with Crippen molar-refractivity contribution in [3.8, 4) is 0 Å². The number of benzene rings is 4. The van der Waals surface area contributed by atoms with Crippen LogP contribution >= 0.6 is 0 Å². The molecule has 304 valence electrons. The van der Waals surface area contributed by atoms with Gasteiger partial charge in [0.05, 0.1) is 30.2 Å². The molecule has 2 amide bonds. The van der Waals surface area contributed by atoms with Gasteiger partial charge in [-0.05, 0) is 110 Å². The molecule has 0 spiro atoms. The number of esters is 1. The first-order chi connectivity index (χ1) is 28.6. The molecule has 0 bridgehead atoms. The number of rotatable bonds is 19. The predicted octanol–water partition coefficient (Wildman–Crippen LogP) is 7.50. The number of ether oxygens (including phenoxy) is 2. The van der Waals surface area contributed by atoms with Crippen molar-refractivity contribution in [3.05, 3.63) is 142 Å². The molecular weight excluding hydrogens is 753 g/mol. The van der Waals surface area contributed by atoms with Crippen LogP contribution in [-0.2, 0) is 19.1 Å². The number of allylic oxidation sites excluding steroid dienone is 1. The number of hydrogen-bond donors (Lipinski definition) is 2. The Morgan fingerprint density at radius 1 is 0.780 bits per heavy atom. The number of aldehydes is 1. The minimum Gasteiger partial charge on any atom is -0.460 e. The zero-order valence-electron chi connectivity index (χ0n) is 33.3. The molecule has 5 rings (SSSR count). The average molecular weight is 799 g/mol. The summed E-state index contributed by atoms with van der Waals surface area (Å²) in [6.07, 6.45) is 4.61. The molecule has 0 atom stereocenters. The van der Waals surface area contributed by atoms with Crippen LogP contribution in [-0.4, -0.2) is 77.6 Å². The Hall–Kier alpha value is -7.19. The van der Waals surface area contributed by atoms with Crippen molar-refractivity contribution in [2.24, 2.45) is 10.2 Å². The molecule has 1 aromatic heterocycles. The Labute approximate surface area is 341 Å². The first-order valence-electron chi connectivity index (χ1n) is 19.0. The molecule has 14 heteroatoms. The van der Waals surface area contributed by atoms with Crippen molar-refractivity contribution >= 4 is 69.6 Å². The van der Waals surface area contributed by atoms with E-state index in [2.05, 4.69) is 25.8 Å². The molecule has 0 unspecified atom stereocenters. The van der Waals surface area contributed by atoms with Crippen molar-refractivity contribution < 1.29 is 33.1 Å². The van der Waals surface area contributed by atoms with Gasteiger partial charge in [-0.3, -0.25) is 14.4 Å². The lowest BCUT2D eigenvalue weighted by molar-refractivity contribution is -0.140. The first-order valence-corrected chi connectivity index (χ1v) is 19.0. The van der Waals surface area contributed by atoms with Gasteiger partial charge in [0.1, 0.15) is 24.0 Å². The molecule has 0 aliphatic heterocycles. The topological polar surface area (TPSA) is 172 Å². The van der Waals surface area contributed by atoms with Crippen molar-refractivity contribution in [2.45, 2.75) is 13.8 Å². The van der Waals surface area contributed by atoms with E-state index in [0.717, 1.165) is 30.5 Å². The summed E-state index contributed by atoms with van der Waals surface area (Å²) in [5, 5.41) is 14.6. The highest BCUT2D eigenvalue weighted by Gasteiger charge is 2.15. The third-order valence-electron chi connectivity index (χ3n) is 8.97. The van der Waals surface area contributed by atoms with E-state index in [9.17, 15) is 24.0 Å². The summed E-state index contributed by atoms with van der Waals surface area (Å²) in [5.74, 6) is -1.62. The fourth-order valence-corrected chi connectivity index (χ4v) is 5.70. The van der Waals surface area contributed by atoms with Crippen LogP contribution in [0.1, 0.15) is 40.1 Å². The van der Waals surface area contributed by atoms with Gasteiger partial charge in [-0.1, -0.05) is 18.2 Å². The second kappa shape index (κ2) is 21.4.